The highest BCUT2D eigenvalue weighted by Crippen LogP contribution is 2.13. The lowest BCUT2D eigenvalue weighted by molar-refractivity contribution is -0.117. The first-order chi connectivity index (χ1) is 9.04. The van der Waals surface area contributed by atoms with Gasteiger partial charge in [-0.05, 0) is 41.8 Å². The average molecular weight is 277 g/mol. The molecule has 0 radical (unpaired) electrons. The van der Waals surface area contributed by atoms with Crippen molar-refractivity contribution >= 4 is 17.4 Å². The predicted molar refractivity (Wildman–Crippen MR) is 75.0 cm³/mol. The normalized spacial score (nSPS) is 10.5. The van der Waals surface area contributed by atoms with Crippen LogP contribution in [-0.2, 0) is 17.6 Å². The van der Waals surface area contributed by atoms with Gasteiger partial charge in [-0.2, -0.15) is 0 Å². The Balaban J connectivity index is 2.01. The van der Waals surface area contributed by atoms with Crippen LogP contribution in [0.1, 0.15) is 16.7 Å². The molecule has 2 rings (SSSR count). The number of hydrogen-bond donors (Lipinski definition) is 0. The summed E-state index contributed by atoms with van der Waals surface area (Å²) in [6.07, 6.45) is 0.692. The molecule has 3 heteroatoms. The zero-order valence-corrected chi connectivity index (χ0v) is 11.4. The zero-order chi connectivity index (χ0) is 13.8. The van der Waals surface area contributed by atoms with E-state index in [9.17, 15) is 9.18 Å². The standard InChI is InChI=1S/C16H14ClFO/c1-11-8-13(4-7-16(11)18)10-15(19)9-12-2-5-14(17)6-3-12/h2-8H,9-10H2,1H3. The van der Waals surface area contributed by atoms with E-state index in [1.54, 1.807) is 31.2 Å². The summed E-state index contributed by atoms with van der Waals surface area (Å²) in [7, 11) is 0. The van der Waals surface area contributed by atoms with Gasteiger partial charge in [0.05, 0.1) is 0 Å². The van der Waals surface area contributed by atoms with E-state index in [0.29, 0.717) is 23.4 Å². The summed E-state index contributed by atoms with van der Waals surface area (Å²) in [6.45, 7) is 1.70. The first kappa shape index (κ1) is 13.8. The quantitative estimate of drug-likeness (QED) is 0.820. The second kappa shape index (κ2) is 5.98. The third-order valence-electron chi connectivity index (χ3n) is 2.94. The Morgan fingerprint density at radius 2 is 1.63 bits per heavy atom. The summed E-state index contributed by atoms with van der Waals surface area (Å²) in [5.74, 6) is -0.137. The van der Waals surface area contributed by atoms with Crippen LogP contribution in [0.3, 0.4) is 0 Å². The first-order valence-electron chi connectivity index (χ1n) is 6.06. The van der Waals surface area contributed by atoms with Crippen molar-refractivity contribution in [1.82, 2.24) is 0 Å². The Kier molecular flexibility index (Phi) is 4.33. The zero-order valence-electron chi connectivity index (χ0n) is 10.6. The van der Waals surface area contributed by atoms with Crippen molar-refractivity contribution in [3.8, 4) is 0 Å². The van der Waals surface area contributed by atoms with Gasteiger partial charge in [0.25, 0.3) is 0 Å². The largest absolute Gasteiger partial charge is 0.299 e. The predicted octanol–water partition coefficient (Wildman–Crippen LogP) is 4.14. The maximum absolute atomic E-state index is 13.1. The third-order valence-corrected chi connectivity index (χ3v) is 3.19. The van der Waals surface area contributed by atoms with Crippen LogP contribution >= 0.6 is 11.6 Å². The summed E-state index contributed by atoms with van der Waals surface area (Å²) in [5, 5.41) is 0.658. The third kappa shape index (κ3) is 3.90. The molecule has 0 N–H and O–H groups in total. The van der Waals surface area contributed by atoms with Gasteiger partial charge in [-0.1, -0.05) is 35.9 Å². The molecule has 0 atom stereocenters. The summed E-state index contributed by atoms with van der Waals surface area (Å²) >= 11 is 5.79. The van der Waals surface area contributed by atoms with Crippen molar-refractivity contribution in [3.05, 3.63) is 70.0 Å². The molecule has 0 saturated carbocycles. The van der Waals surface area contributed by atoms with Gasteiger partial charge in [-0.15, -0.1) is 0 Å². The summed E-state index contributed by atoms with van der Waals surface area (Å²) < 4.78 is 13.1. The van der Waals surface area contributed by atoms with Crippen molar-refractivity contribution in [2.24, 2.45) is 0 Å². The van der Waals surface area contributed by atoms with E-state index in [0.717, 1.165) is 11.1 Å². The van der Waals surface area contributed by atoms with Crippen LogP contribution in [0.2, 0.25) is 5.02 Å². The molecule has 0 aliphatic heterocycles. The highest BCUT2D eigenvalue weighted by molar-refractivity contribution is 6.30. The Bertz CT molecular complexity index is 590. The molecule has 0 aliphatic carbocycles. The van der Waals surface area contributed by atoms with Crippen molar-refractivity contribution in [2.45, 2.75) is 19.8 Å². The molecule has 2 aromatic rings. The minimum atomic E-state index is -0.242. The van der Waals surface area contributed by atoms with Crippen molar-refractivity contribution in [3.63, 3.8) is 0 Å². The van der Waals surface area contributed by atoms with Crippen LogP contribution in [0, 0.1) is 12.7 Å². The lowest BCUT2D eigenvalue weighted by Crippen LogP contribution is -2.06. The van der Waals surface area contributed by atoms with Crippen molar-refractivity contribution < 1.29 is 9.18 Å². The van der Waals surface area contributed by atoms with Crippen LogP contribution in [0.4, 0.5) is 4.39 Å². The highest BCUT2D eigenvalue weighted by Gasteiger charge is 2.07. The number of benzene rings is 2. The SMILES string of the molecule is Cc1cc(CC(=O)Cc2ccc(Cl)cc2)ccc1F. The van der Waals surface area contributed by atoms with Gasteiger partial charge in [-0.3, -0.25) is 4.79 Å². The number of carbonyl (C=O) groups excluding carboxylic acids is 1. The summed E-state index contributed by atoms with van der Waals surface area (Å²) in [6, 6.07) is 12.0. The molecule has 0 spiro atoms. The van der Waals surface area contributed by atoms with Crippen LogP contribution in [0.25, 0.3) is 0 Å². The van der Waals surface area contributed by atoms with Gasteiger partial charge >= 0.3 is 0 Å². The van der Waals surface area contributed by atoms with Crippen LogP contribution in [0.5, 0.6) is 0 Å². The topological polar surface area (TPSA) is 17.1 Å². The number of ketones is 1. The van der Waals surface area contributed by atoms with Gasteiger partial charge in [0, 0.05) is 17.9 Å². The fourth-order valence-electron chi connectivity index (χ4n) is 1.94. The first-order valence-corrected chi connectivity index (χ1v) is 6.43. The van der Waals surface area contributed by atoms with Crippen molar-refractivity contribution in [2.75, 3.05) is 0 Å². The number of hydrogen-bond acceptors (Lipinski definition) is 1. The number of halogens is 2. The Morgan fingerprint density at radius 1 is 1.05 bits per heavy atom. The van der Waals surface area contributed by atoms with Crippen LogP contribution < -0.4 is 0 Å². The van der Waals surface area contributed by atoms with E-state index >= 15 is 0 Å². The smallest absolute Gasteiger partial charge is 0.141 e. The van der Waals surface area contributed by atoms with Crippen LogP contribution in [0.15, 0.2) is 42.5 Å². The molecule has 0 fully saturated rings. The minimum Gasteiger partial charge on any atom is -0.299 e. The maximum Gasteiger partial charge on any atom is 0.141 e. The molecule has 19 heavy (non-hydrogen) atoms. The van der Waals surface area contributed by atoms with Gasteiger partial charge in [0.2, 0.25) is 0 Å². The van der Waals surface area contributed by atoms with E-state index in [4.69, 9.17) is 11.6 Å². The maximum atomic E-state index is 13.1. The second-order valence-electron chi connectivity index (χ2n) is 4.60. The molecular formula is C16H14ClFO. The van der Waals surface area contributed by atoms with Crippen molar-refractivity contribution in [1.29, 1.82) is 0 Å². The number of aryl methyl sites for hydroxylation is 1. The van der Waals surface area contributed by atoms with Gasteiger partial charge in [0.1, 0.15) is 11.6 Å². The Labute approximate surface area is 117 Å². The van der Waals surface area contributed by atoms with E-state index in [1.807, 2.05) is 12.1 Å². The van der Waals surface area contributed by atoms with E-state index in [1.165, 1.54) is 6.07 Å². The molecule has 0 saturated heterocycles. The number of carbonyl (C=O) groups is 1. The number of rotatable bonds is 4. The molecule has 0 amide bonds. The highest BCUT2D eigenvalue weighted by atomic mass is 35.5. The fourth-order valence-corrected chi connectivity index (χ4v) is 2.06. The minimum absolute atomic E-state index is 0.105. The molecule has 1 nitrogen and oxygen atoms in total. The average Bonchev–Trinajstić information content (AvgIpc) is 2.37. The Morgan fingerprint density at radius 3 is 2.26 bits per heavy atom. The Hall–Kier alpha value is -1.67. The molecule has 0 aromatic heterocycles. The fraction of sp³-hybridized carbons (Fsp3) is 0.188. The van der Waals surface area contributed by atoms with E-state index in [2.05, 4.69) is 0 Å². The molecular weight excluding hydrogens is 263 g/mol. The lowest BCUT2D eigenvalue weighted by atomic mass is 10.0. The van der Waals surface area contributed by atoms with Gasteiger partial charge in [0.15, 0.2) is 0 Å². The van der Waals surface area contributed by atoms with E-state index in [-0.39, 0.29) is 11.6 Å². The lowest BCUT2D eigenvalue weighted by Gasteiger charge is -2.04. The second-order valence-corrected chi connectivity index (χ2v) is 5.04. The molecule has 98 valence electrons. The molecule has 0 aliphatic rings. The molecule has 0 unspecified atom stereocenters. The molecule has 0 heterocycles. The molecule has 0 bridgehead atoms. The summed E-state index contributed by atoms with van der Waals surface area (Å²) in [4.78, 5) is 11.9. The van der Waals surface area contributed by atoms with Gasteiger partial charge in [-0.25, -0.2) is 4.39 Å². The monoisotopic (exact) mass is 276 g/mol. The molecule has 2 aromatic carbocycles. The van der Waals surface area contributed by atoms with Gasteiger partial charge < -0.3 is 0 Å². The van der Waals surface area contributed by atoms with E-state index < -0.39 is 0 Å². The number of Topliss-reactive ketones (excluding diaryl/α,β-unsaturated/α-hetero) is 1. The summed E-state index contributed by atoms with van der Waals surface area (Å²) in [5.41, 5.74) is 2.35. The van der Waals surface area contributed by atoms with Crippen LogP contribution in [-0.4, -0.2) is 5.78 Å².